The van der Waals surface area contributed by atoms with Gasteiger partial charge < -0.3 is 19.1 Å². The summed E-state index contributed by atoms with van der Waals surface area (Å²) in [5.74, 6) is 0.0797. The van der Waals surface area contributed by atoms with Crippen molar-refractivity contribution in [2.45, 2.75) is 4.90 Å². The zero-order chi connectivity index (χ0) is 23.5. The number of aromatic nitrogens is 3. The van der Waals surface area contributed by atoms with E-state index < -0.39 is 0 Å². The van der Waals surface area contributed by atoms with Gasteiger partial charge in [-0.15, -0.1) is 0 Å². The summed E-state index contributed by atoms with van der Waals surface area (Å²) in [6.45, 7) is 2.21. The second kappa shape index (κ2) is 9.70. The van der Waals surface area contributed by atoms with Crippen LogP contribution in [-0.4, -0.2) is 58.6 Å². The number of morpholine rings is 1. The van der Waals surface area contributed by atoms with Gasteiger partial charge in [-0.25, -0.2) is 14.4 Å². The number of ether oxygens (including phenoxy) is 2. The van der Waals surface area contributed by atoms with Crippen molar-refractivity contribution in [2.24, 2.45) is 0 Å². The maximum absolute atomic E-state index is 13.2. The minimum atomic E-state index is -0.285. The van der Waals surface area contributed by atoms with E-state index in [4.69, 9.17) is 9.47 Å². The minimum absolute atomic E-state index is 0.0705. The lowest BCUT2D eigenvalue weighted by Crippen LogP contribution is -2.41. The number of benzene rings is 1. The van der Waals surface area contributed by atoms with E-state index in [-0.39, 0.29) is 11.7 Å². The Balaban J connectivity index is 1.43. The fraction of sp³-hybridized carbons (Fsp3) is 0.208. The lowest BCUT2D eigenvalue weighted by atomic mass is 10.1. The summed E-state index contributed by atoms with van der Waals surface area (Å²) in [7, 11) is 1.55. The molecule has 10 heteroatoms. The average Bonchev–Trinajstić information content (AvgIpc) is 3.31. The zero-order valence-electron chi connectivity index (χ0n) is 18.4. The van der Waals surface area contributed by atoms with Crippen LogP contribution < -0.4 is 9.46 Å². The number of carbonyl (C=O) groups is 1. The third-order valence-corrected chi connectivity index (χ3v) is 6.32. The van der Waals surface area contributed by atoms with Crippen molar-refractivity contribution in [3.63, 3.8) is 0 Å². The molecule has 3 aromatic heterocycles. The SMILES string of the molecule is COc1ncc(-c2ccc3ncc(C(=O)N4CCOCC4)n3c2)cc1NSc1ccc(F)cc1. The van der Waals surface area contributed by atoms with Crippen molar-refractivity contribution in [3.05, 3.63) is 72.6 Å². The van der Waals surface area contributed by atoms with Gasteiger partial charge in [0, 0.05) is 41.5 Å². The topological polar surface area (TPSA) is 81.0 Å². The van der Waals surface area contributed by atoms with Crippen LogP contribution in [0.5, 0.6) is 5.88 Å². The van der Waals surface area contributed by atoms with Crippen molar-refractivity contribution >= 4 is 29.2 Å². The summed E-state index contributed by atoms with van der Waals surface area (Å²) < 4.78 is 29.0. The fourth-order valence-corrected chi connectivity index (χ4v) is 4.35. The Kier molecular flexibility index (Phi) is 6.33. The number of nitrogens with zero attached hydrogens (tertiary/aromatic N) is 4. The van der Waals surface area contributed by atoms with E-state index in [2.05, 4.69) is 14.7 Å². The standard InChI is InChI=1S/C24H22FN5O3S/c1-32-23-20(28-34-19-5-3-18(25)4-6-19)12-17(13-27-23)16-2-7-22-26-14-21(30(22)15-16)24(31)29-8-10-33-11-9-29/h2-7,12-15,28H,8-11H2,1H3. The molecule has 0 saturated carbocycles. The van der Waals surface area contributed by atoms with Crippen molar-refractivity contribution in [2.75, 3.05) is 38.1 Å². The Hall–Kier alpha value is -3.63. The van der Waals surface area contributed by atoms with Gasteiger partial charge >= 0.3 is 0 Å². The van der Waals surface area contributed by atoms with Crippen LogP contribution in [0, 0.1) is 5.82 Å². The van der Waals surface area contributed by atoms with E-state index in [1.165, 1.54) is 24.1 Å². The molecule has 0 aliphatic carbocycles. The van der Waals surface area contributed by atoms with Gasteiger partial charge in [-0.2, -0.15) is 0 Å². The van der Waals surface area contributed by atoms with Gasteiger partial charge in [-0.3, -0.25) is 9.20 Å². The van der Waals surface area contributed by atoms with Crippen LogP contribution in [0.15, 0.2) is 66.0 Å². The van der Waals surface area contributed by atoms with Gasteiger partial charge in [0.05, 0.1) is 26.5 Å². The summed E-state index contributed by atoms with van der Waals surface area (Å²) in [5, 5.41) is 0. The third-order valence-electron chi connectivity index (χ3n) is 5.49. The van der Waals surface area contributed by atoms with Crippen molar-refractivity contribution in [1.82, 2.24) is 19.3 Å². The molecule has 1 amide bonds. The number of anilines is 1. The number of fused-ring (bicyclic) bond motifs is 1. The van der Waals surface area contributed by atoms with Crippen LogP contribution in [-0.2, 0) is 4.74 Å². The highest BCUT2D eigenvalue weighted by molar-refractivity contribution is 8.00. The summed E-state index contributed by atoms with van der Waals surface area (Å²) >= 11 is 1.33. The zero-order valence-corrected chi connectivity index (χ0v) is 19.2. The maximum Gasteiger partial charge on any atom is 0.272 e. The van der Waals surface area contributed by atoms with Crippen molar-refractivity contribution in [1.29, 1.82) is 0 Å². The number of methoxy groups -OCH3 is 1. The Labute approximate surface area is 199 Å². The highest BCUT2D eigenvalue weighted by Crippen LogP contribution is 2.32. The van der Waals surface area contributed by atoms with Crippen LogP contribution in [0.2, 0.25) is 0 Å². The molecule has 0 unspecified atom stereocenters. The number of carbonyl (C=O) groups excluding carboxylic acids is 1. The Morgan fingerprint density at radius 3 is 2.65 bits per heavy atom. The molecule has 4 aromatic rings. The normalized spacial score (nSPS) is 13.8. The molecule has 174 valence electrons. The molecular formula is C24H22FN5O3S. The molecule has 0 atom stereocenters. The molecule has 0 radical (unpaired) electrons. The first kappa shape index (κ1) is 22.2. The number of hydrogen-bond acceptors (Lipinski definition) is 7. The molecule has 1 aliphatic heterocycles. The highest BCUT2D eigenvalue weighted by atomic mass is 32.2. The monoisotopic (exact) mass is 479 g/mol. The summed E-state index contributed by atoms with van der Waals surface area (Å²) in [6, 6.07) is 11.9. The predicted molar refractivity (Wildman–Crippen MR) is 128 cm³/mol. The number of amides is 1. The molecule has 5 rings (SSSR count). The lowest BCUT2D eigenvalue weighted by Gasteiger charge is -2.26. The first-order valence-electron chi connectivity index (χ1n) is 10.7. The molecule has 0 bridgehead atoms. The molecule has 1 aromatic carbocycles. The second-order valence-electron chi connectivity index (χ2n) is 7.63. The largest absolute Gasteiger partial charge is 0.480 e. The average molecular weight is 480 g/mol. The number of halogens is 1. The number of nitrogens with one attached hydrogen (secondary N) is 1. The van der Waals surface area contributed by atoms with Gasteiger partial charge in [0.15, 0.2) is 0 Å². The van der Waals surface area contributed by atoms with E-state index >= 15 is 0 Å². The lowest BCUT2D eigenvalue weighted by molar-refractivity contribution is 0.0298. The van der Waals surface area contributed by atoms with Gasteiger partial charge in [0.25, 0.3) is 5.91 Å². The van der Waals surface area contributed by atoms with Crippen LogP contribution in [0.25, 0.3) is 16.8 Å². The predicted octanol–water partition coefficient (Wildman–Crippen LogP) is 4.14. The Bertz CT molecular complexity index is 1320. The molecular weight excluding hydrogens is 457 g/mol. The maximum atomic E-state index is 13.2. The molecule has 8 nitrogen and oxygen atoms in total. The first-order chi connectivity index (χ1) is 16.6. The smallest absolute Gasteiger partial charge is 0.272 e. The van der Waals surface area contributed by atoms with Crippen molar-refractivity contribution in [3.8, 4) is 17.0 Å². The molecule has 1 fully saturated rings. The van der Waals surface area contributed by atoms with Crippen LogP contribution in [0.4, 0.5) is 10.1 Å². The van der Waals surface area contributed by atoms with E-state index in [1.54, 1.807) is 40.9 Å². The van der Waals surface area contributed by atoms with E-state index in [0.717, 1.165) is 16.0 Å². The fourth-order valence-electron chi connectivity index (χ4n) is 3.70. The quantitative estimate of drug-likeness (QED) is 0.417. The number of pyridine rings is 2. The van der Waals surface area contributed by atoms with Gasteiger partial charge in [-0.1, -0.05) is 0 Å². The van der Waals surface area contributed by atoms with Gasteiger partial charge in [-0.05, 0) is 54.4 Å². The molecule has 1 aliphatic rings. The number of imidazole rings is 1. The molecule has 4 heterocycles. The van der Waals surface area contributed by atoms with Crippen LogP contribution in [0.3, 0.4) is 0 Å². The molecule has 1 N–H and O–H groups in total. The van der Waals surface area contributed by atoms with Gasteiger partial charge in [0.2, 0.25) is 5.88 Å². The minimum Gasteiger partial charge on any atom is -0.480 e. The van der Waals surface area contributed by atoms with E-state index in [0.29, 0.717) is 49.2 Å². The van der Waals surface area contributed by atoms with E-state index in [1.807, 2.05) is 24.4 Å². The number of hydrogen-bond donors (Lipinski definition) is 1. The second-order valence-corrected chi connectivity index (χ2v) is 8.51. The molecule has 1 saturated heterocycles. The Morgan fingerprint density at radius 2 is 1.88 bits per heavy atom. The van der Waals surface area contributed by atoms with Gasteiger partial charge in [0.1, 0.15) is 22.8 Å². The van der Waals surface area contributed by atoms with Crippen LogP contribution in [0.1, 0.15) is 10.5 Å². The summed E-state index contributed by atoms with van der Waals surface area (Å²) in [6.07, 6.45) is 5.21. The highest BCUT2D eigenvalue weighted by Gasteiger charge is 2.22. The third kappa shape index (κ3) is 4.55. The summed E-state index contributed by atoms with van der Waals surface area (Å²) in [5.41, 5.74) is 3.57. The number of rotatable bonds is 6. The summed E-state index contributed by atoms with van der Waals surface area (Å²) in [4.78, 5) is 24.5. The first-order valence-corrected chi connectivity index (χ1v) is 11.5. The van der Waals surface area contributed by atoms with Crippen molar-refractivity contribution < 1.29 is 18.7 Å². The molecule has 34 heavy (non-hydrogen) atoms. The van der Waals surface area contributed by atoms with Crippen LogP contribution >= 0.6 is 11.9 Å². The van der Waals surface area contributed by atoms with E-state index in [9.17, 15) is 9.18 Å². The molecule has 0 spiro atoms. The Morgan fingerprint density at radius 1 is 1.09 bits per heavy atom.